The maximum absolute atomic E-state index is 11.6. The lowest BCUT2D eigenvalue weighted by Crippen LogP contribution is -2.19. The van der Waals surface area contributed by atoms with Crippen LogP contribution in [0.2, 0.25) is 0 Å². The molecular weight excluding hydrogens is 250 g/mol. The molecule has 0 aromatic heterocycles. The highest BCUT2D eigenvalue weighted by Gasteiger charge is 2.15. The topological polar surface area (TPSA) is 69.4 Å². The Morgan fingerprint density at radius 1 is 1.33 bits per heavy atom. The van der Waals surface area contributed by atoms with Crippen molar-refractivity contribution in [3.8, 4) is 5.75 Å². The van der Waals surface area contributed by atoms with Gasteiger partial charge in [-0.05, 0) is 38.0 Å². The van der Waals surface area contributed by atoms with E-state index in [1.807, 2.05) is 24.3 Å². The van der Waals surface area contributed by atoms with E-state index in [9.17, 15) is 8.42 Å². The summed E-state index contributed by atoms with van der Waals surface area (Å²) in [6, 6.07) is 7.52. The SMILES string of the molecule is CC(C)S(=O)(=O)CCCOc1cccc(CN)c1. The van der Waals surface area contributed by atoms with Crippen molar-refractivity contribution in [2.24, 2.45) is 5.73 Å². The summed E-state index contributed by atoms with van der Waals surface area (Å²) in [5.74, 6) is 0.904. The van der Waals surface area contributed by atoms with Gasteiger partial charge in [-0.25, -0.2) is 8.42 Å². The molecular formula is C13H21NO3S. The van der Waals surface area contributed by atoms with Gasteiger partial charge in [-0.15, -0.1) is 0 Å². The summed E-state index contributed by atoms with van der Waals surface area (Å²) in [6.07, 6.45) is 0.507. The molecule has 0 amide bonds. The van der Waals surface area contributed by atoms with Gasteiger partial charge in [-0.1, -0.05) is 12.1 Å². The van der Waals surface area contributed by atoms with Gasteiger partial charge in [-0.3, -0.25) is 0 Å². The Kier molecular flexibility index (Phi) is 5.62. The van der Waals surface area contributed by atoms with Crippen LogP contribution < -0.4 is 10.5 Å². The van der Waals surface area contributed by atoms with E-state index in [0.717, 1.165) is 11.3 Å². The molecule has 0 unspecified atom stereocenters. The van der Waals surface area contributed by atoms with E-state index in [-0.39, 0.29) is 11.0 Å². The molecule has 0 saturated carbocycles. The quantitative estimate of drug-likeness (QED) is 0.767. The lowest BCUT2D eigenvalue weighted by Gasteiger charge is -2.09. The average Bonchev–Trinajstić information content (AvgIpc) is 2.35. The molecule has 18 heavy (non-hydrogen) atoms. The van der Waals surface area contributed by atoms with Crippen LogP contribution in [-0.4, -0.2) is 26.0 Å². The van der Waals surface area contributed by atoms with Gasteiger partial charge < -0.3 is 10.5 Å². The molecule has 0 aliphatic carbocycles. The van der Waals surface area contributed by atoms with E-state index in [1.165, 1.54) is 0 Å². The minimum absolute atomic E-state index is 0.168. The fourth-order valence-electron chi connectivity index (χ4n) is 1.45. The molecule has 0 atom stereocenters. The fraction of sp³-hybridized carbons (Fsp3) is 0.538. The summed E-state index contributed by atoms with van der Waals surface area (Å²) in [5, 5.41) is -0.321. The molecule has 0 bridgehead atoms. The number of rotatable bonds is 7. The van der Waals surface area contributed by atoms with E-state index in [2.05, 4.69) is 0 Å². The maximum Gasteiger partial charge on any atom is 0.152 e. The van der Waals surface area contributed by atoms with Crippen molar-refractivity contribution in [3.63, 3.8) is 0 Å². The van der Waals surface area contributed by atoms with E-state index < -0.39 is 9.84 Å². The Labute approximate surface area is 109 Å². The van der Waals surface area contributed by atoms with Crippen molar-refractivity contribution >= 4 is 9.84 Å². The molecule has 0 aliphatic heterocycles. The Morgan fingerprint density at radius 3 is 2.67 bits per heavy atom. The second kappa shape index (κ2) is 6.75. The molecule has 1 aromatic rings. The first kappa shape index (κ1) is 15.0. The predicted octanol–water partition coefficient (Wildman–Crippen LogP) is 1.74. The molecule has 2 N–H and O–H groups in total. The van der Waals surface area contributed by atoms with Gasteiger partial charge in [0, 0.05) is 6.54 Å². The Morgan fingerprint density at radius 2 is 2.06 bits per heavy atom. The van der Waals surface area contributed by atoms with Crippen molar-refractivity contribution in [3.05, 3.63) is 29.8 Å². The van der Waals surface area contributed by atoms with Crippen LogP contribution in [0.5, 0.6) is 5.75 Å². The normalized spacial score (nSPS) is 11.8. The molecule has 0 saturated heterocycles. The molecule has 4 nitrogen and oxygen atoms in total. The lowest BCUT2D eigenvalue weighted by molar-refractivity contribution is 0.317. The summed E-state index contributed by atoms with van der Waals surface area (Å²) < 4.78 is 28.6. The Balaban J connectivity index is 2.38. The van der Waals surface area contributed by atoms with Crippen LogP contribution in [0, 0.1) is 0 Å². The third kappa shape index (κ3) is 4.66. The van der Waals surface area contributed by atoms with Crippen LogP contribution in [0.1, 0.15) is 25.8 Å². The van der Waals surface area contributed by atoms with E-state index >= 15 is 0 Å². The number of hydrogen-bond acceptors (Lipinski definition) is 4. The van der Waals surface area contributed by atoms with Gasteiger partial charge >= 0.3 is 0 Å². The van der Waals surface area contributed by atoms with Gasteiger partial charge in [-0.2, -0.15) is 0 Å². The third-order valence-electron chi connectivity index (χ3n) is 2.69. The largest absolute Gasteiger partial charge is 0.494 e. The summed E-state index contributed by atoms with van der Waals surface area (Å²) >= 11 is 0. The molecule has 102 valence electrons. The lowest BCUT2D eigenvalue weighted by atomic mass is 10.2. The number of sulfone groups is 1. The highest BCUT2D eigenvalue weighted by Crippen LogP contribution is 2.13. The number of hydrogen-bond donors (Lipinski definition) is 1. The molecule has 0 fully saturated rings. The monoisotopic (exact) mass is 271 g/mol. The maximum atomic E-state index is 11.6. The first-order chi connectivity index (χ1) is 8.45. The van der Waals surface area contributed by atoms with Gasteiger partial charge in [0.15, 0.2) is 9.84 Å². The van der Waals surface area contributed by atoms with E-state index in [0.29, 0.717) is 19.6 Å². The van der Waals surface area contributed by atoms with Crippen molar-refractivity contribution < 1.29 is 13.2 Å². The van der Waals surface area contributed by atoms with Crippen molar-refractivity contribution in [1.29, 1.82) is 0 Å². The van der Waals surface area contributed by atoms with Crippen LogP contribution in [0.15, 0.2) is 24.3 Å². The zero-order chi connectivity index (χ0) is 13.6. The Bertz CT molecular complexity index is 469. The highest BCUT2D eigenvalue weighted by molar-refractivity contribution is 7.91. The first-order valence-corrected chi connectivity index (χ1v) is 7.80. The fourth-order valence-corrected chi connectivity index (χ4v) is 2.44. The Hall–Kier alpha value is -1.07. The highest BCUT2D eigenvalue weighted by atomic mass is 32.2. The second-order valence-corrected chi connectivity index (χ2v) is 7.15. The number of ether oxygens (including phenoxy) is 1. The van der Waals surface area contributed by atoms with Crippen molar-refractivity contribution in [1.82, 2.24) is 0 Å². The van der Waals surface area contributed by atoms with Gasteiger partial charge in [0.1, 0.15) is 5.75 Å². The van der Waals surface area contributed by atoms with E-state index in [1.54, 1.807) is 13.8 Å². The molecule has 0 radical (unpaired) electrons. The molecule has 0 spiro atoms. The minimum atomic E-state index is -2.97. The van der Waals surface area contributed by atoms with Crippen LogP contribution in [-0.2, 0) is 16.4 Å². The van der Waals surface area contributed by atoms with Crippen molar-refractivity contribution in [2.45, 2.75) is 32.1 Å². The molecule has 0 heterocycles. The third-order valence-corrected chi connectivity index (χ3v) is 4.99. The smallest absolute Gasteiger partial charge is 0.152 e. The predicted molar refractivity (Wildman–Crippen MR) is 73.4 cm³/mol. The summed E-state index contributed by atoms with van der Waals surface area (Å²) in [6.45, 7) is 4.26. The minimum Gasteiger partial charge on any atom is -0.494 e. The van der Waals surface area contributed by atoms with E-state index in [4.69, 9.17) is 10.5 Å². The second-order valence-electron chi connectivity index (χ2n) is 4.47. The number of nitrogens with two attached hydrogens (primary N) is 1. The van der Waals surface area contributed by atoms with Crippen LogP contribution in [0.4, 0.5) is 0 Å². The zero-order valence-electron chi connectivity index (χ0n) is 10.9. The summed E-state index contributed by atoms with van der Waals surface area (Å²) in [4.78, 5) is 0. The molecule has 0 aliphatic rings. The van der Waals surface area contributed by atoms with Gasteiger partial charge in [0.05, 0.1) is 17.6 Å². The molecule has 5 heteroatoms. The zero-order valence-corrected chi connectivity index (χ0v) is 11.7. The van der Waals surface area contributed by atoms with Gasteiger partial charge in [0.25, 0.3) is 0 Å². The summed E-state index contributed by atoms with van der Waals surface area (Å²) in [7, 11) is -2.97. The first-order valence-electron chi connectivity index (χ1n) is 6.09. The molecule has 1 aromatic carbocycles. The van der Waals surface area contributed by atoms with Crippen molar-refractivity contribution in [2.75, 3.05) is 12.4 Å². The van der Waals surface area contributed by atoms with Gasteiger partial charge in [0.2, 0.25) is 0 Å². The van der Waals surface area contributed by atoms with Crippen LogP contribution in [0.3, 0.4) is 0 Å². The van der Waals surface area contributed by atoms with Crippen LogP contribution >= 0.6 is 0 Å². The standard InChI is InChI=1S/C13H21NO3S/c1-11(2)18(15,16)8-4-7-17-13-6-3-5-12(9-13)10-14/h3,5-6,9,11H,4,7-8,10,14H2,1-2H3. The van der Waals surface area contributed by atoms with Crippen LogP contribution in [0.25, 0.3) is 0 Å². The number of benzene rings is 1. The molecule has 1 rings (SSSR count). The average molecular weight is 271 g/mol. The summed E-state index contributed by atoms with van der Waals surface area (Å²) in [5.41, 5.74) is 6.53.